The van der Waals surface area contributed by atoms with Crippen molar-refractivity contribution in [3.05, 3.63) is 12.2 Å². The van der Waals surface area contributed by atoms with Crippen LogP contribution in [0.3, 0.4) is 0 Å². The number of sulfonamides is 1. The topological polar surface area (TPSA) is 112 Å². The molecule has 1 saturated heterocycles. The molecule has 1 fully saturated rings. The Morgan fingerprint density at radius 2 is 1.80 bits per heavy atom. The maximum atomic E-state index is 12.0. The fourth-order valence-electron chi connectivity index (χ4n) is 4.00. The molecule has 1 aliphatic carbocycles. The van der Waals surface area contributed by atoms with E-state index >= 15 is 0 Å². The molecule has 0 aromatic heterocycles. The van der Waals surface area contributed by atoms with Gasteiger partial charge in [0.1, 0.15) is 0 Å². The summed E-state index contributed by atoms with van der Waals surface area (Å²) >= 11 is 0. The first-order valence-corrected chi connectivity index (χ1v) is 10.3. The SMILES string of the molecule is CCS(=O)(=O)N1CCC(CC2(C(=O)O)C=CCC(C)(C(=O)O)C2)CC1. The highest BCUT2D eigenvalue weighted by atomic mass is 32.2. The number of hydrogen-bond donors (Lipinski definition) is 2. The Morgan fingerprint density at radius 1 is 1.20 bits per heavy atom. The molecule has 142 valence electrons. The van der Waals surface area contributed by atoms with Crippen molar-refractivity contribution >= 4 is 22.0 Å². The maximum Gasteiger partial charge on any atom is 0.313 e. The molecule has 0 spiro atoms. The Hall–Kier alpha value is -1.41. The maximum absolute atomic E-state index is 12.0. The van der Waals surface area contributed by atoms with Crippen LogP contribution in [0.25, 0.3) is 0 Å². The largest absolute Gasteiger partial charge is 0.481 e. The second-order valence-corrected chi connectivity index (χ2v) is 9.82. The Bertz CT molecular complexity index is 665. The summed E-state index contributed by atoms with van der Waals surface area (Å²) in [5.74, 6) is -1.85. The van der Waals surface area contributed by atoms with Gasteiger partial charge in [0.05, 0.1) is 16.6 Å². The quantitative estimate of drug-likeness (QED) is 0.688. The molecule has 2 N–H and O–H groups in total. The Kier molecular flexibility index (Phi) is 5.63. The fourth-order valence-corrected chi connectivity index (χ4v) is 5.13. The predicted octanol–water partition coefficient (Wildman–Crippen LogP) is 1.95. The van der Waals surface area contributed by atoms with Crippen molar-refractivity contribution in [1.82, 2.24) is 4.31 Å². The molecule has 0 bridgehead atoms. The molecule has 2 atom stereocenters. The zero-order valence-electron chi connectivity index (χ0n) is 14.8. The van der Waals surface area contributed by atoms with Crippen LogP contribution in [0.5, 0.6) is 0 Å². The molecule has 2 aliphatic rings. The van der Waals surface area contributed by atoms with Crippen LogP contribution < -0.4 is 0 Å². The Labute approximate surface area is 148 Å². The third kappa shape index (κ3) is 4.06. The molecular formula is C17H27NO6S. The molecule has 2 unspecified atom stereocenters. The summed E-state index contributed by atoms with van der Waals surface area (Å²) in [5.41, 5.74) is -2.28. The molecule has 0 radical (unpaired) electrons. The van der Waals surface area contributed by atoms with Gasteiger partial charge in [0, 0.05) is 13.1 Å². The summed E-state index contributed by atoms with van der Waals surface area (Å²) < 4.78 is 25.3. The van der Waals surface area contributed by atoms with Crippen molar-refractivity contribution in [1.29, 1.82) is 0 Å². The number of hydrogen-bond acceptors (Lipinski definition) is 4. The number of aliphatic carboxylic acids is 2. The monoisotopic (exact) mass is 373 g/mol. The van der Waals surface area contributed by atoms with E-state index in [1.807, 2.05) is 0 Å². The summed E-state index contributed by atoms with van der Waals surface area (Å²) in [6.45, 7) is 4.00. The first-order valence-electron chi connectivity index (χ1n) is 8.67. The van der Waals surface area contributed by atoms with Crippen LogP contribution >= 0.6 is 0 Å². The third-order valence-corrected chi connectivity index (χ3v) is 7.52. The van der Waals surface area contributed by atoms with E-state index in [-0.39, 0.29) is 18.1 Å². The van der Waals surface area contributed by atoms with Crippen LogP contribution in [-0.4, -0.2) is 53.7 Å². The third-order valence-electron chi connectivity index (χ3n) is 5.64. The van der Waals surface area contributed by atoms with Gasteiger partial charge in [0.25, 0.3) is 0 Å². The lowest BCUT2D eigenvalue weighted by atomic mass is 9.62. The number of piperidine rings is 1. The minimum absolute atomic E-state index is 0.0641. The van der Waals surface area contributed by atoms with Gasteiger partial charge in [-0.3, -0.25) is 9.59 Å². The Balaban J connectivity index is 2.12. The summed E-state index contributed by atoms with van der Waals surface area (Å²) in [6, 6.07) is 0. The fraction of sp³-hybridized carbons (Fsp3) is 0.765. The summed E-state index contributed by atoms with van der Waals surface area (Å²) in [5, 5.41) is 19.3. The van der Waals surface area contributed by atoms with Crippen molar-refractivity contribution in [3.63, 3.8) is 0 Å². The van der Waals surface area contributed by atoms with E-state index in [4.69, 9.17) is 0 Å². The highest BCUT2D eigenvalue weighted by molar-refractivity contribution is 7.89. The summed E-state index contributed by atoms with van der Waals surface area (Å²) in [4.78, 5) is 23.5. The van der Waals surface area contributed by atoms with Crippen molar-refractivity contribution in [2.75, 3.05) is 18.8 Å². The Morgan fingerprint density at radius 3 is 2.28 bits per heavy atom. The van der Waals surface area contributed by atoms with Gasteiger partial charge in [0.2, 0.25) is 10.0 Å². The zero-order chi connectivity index (χ0) is 18.9. The van der Waals surface area contributed by atoms with Crippen LogP contribution in [0.2, 0.25) is 0 Å². The first kappa shape index (κ1) is 19.9. The van der Waals surface area contributed by atoms with Crippen molar-refractivity contribution in [3.8, 4) is 0 Å². The number of rotatable bonds is 6. The number of carboxylic acids is 2. The van der Waals surface area contributed by atoms with E-state index in [1.165, 1.54) is 4.31 Å². The van der Waals surface area contributed by atoms with Gasteiger partial charge in [-0.05, 0) is 51.9 Å². The smallest absolute Gasteiger partial charge is 0.313 e. The average Bonchev–Trinajstić information content (AvgIpc) is 2.55. The number of nitrogens with zero attached hydrogens (tertiary/aromatic N) is 1. The highest BCUT2D eigenvalue weighted by Crippen LogP contribution is 2.47. The molecule has 0 aromatic carbocycles. The molecule has 0 saturated carbocycles. The number of allylic oxidation sites excluding steroid dienone is 1. The van der Waals surface area contributed by atoms with Gasteiger partial charge in [-0.1, -0.05) is 12.2 Å². The van der Waals surface area contributed by atoms with E-state index in [0.29, 0.717) is 38.8 Å². The van der Waals surface area contributed by atoms with Crippen LogP contribution in [0.1, 0.15) is 46.0 Å². The van der Waals surface area contributed by atoms with Crippen LogP contribution in [0.4, 0.5) is 0 Å². The van der Waals surface area contributed by atoms with Gasteiger partial charge >= 0.3 is 11.9 Å². The van der Waals surface area contributed by atoms with E-state index in [0.717, 1.165) is 0 Å². The zero-order valence-corrected chi connectivity index (χ0v) is 15.6. The van der Waals surface area contributed by atoms with E-state index in [9.17, 15) is 28.2 Å². The lowest BCUT2D eigenvalue weighted by Gasteiger charge is -2.41. The molecule has 2 rings (SSSR count). The normalized spacial score (nSPS) is 31.8. The van der Waals surface area contributed by atoms with E-state index in [1.54, 1.807) is 26.0 Å². The summed E-state index contributed by atoms with van der Waals surface area (Å²) in [7, 11) is -3.21. The molecule has 0 amide bonds. The minimum atomic E-state index is -3.21. The lowest BCUT2D eigenvalue weighted by molar-refractivity contribution is -0.156. The lowest BCUT2D eigenvalue weighted by Crippen LogP contribution is -2.45. The van der Waals surface area contributed by atoms with Gasteiger partial charge in [-0.2, -0.15) is 0 Å². The first-order chi connectivity index (χ1) is 11.5. The number of carboxylic acid groups (broad SMARTS) is 2. The predicted molar refractivity (Wildman–Crippen MR) is 92.6 cm³/mol. The molecule has 7 nitrogen and oxygen atoms in total. The molecule has 1 heterocycles. The van der Waals surface area contributed by atoms with Crippen molar-refractivity contribution in [2.24, 2.45) is 16.7 Å². The number of carbonyl (C=O) groups is 2. The van der Waals surface area contributed by atoms with E-state index in [2.05, 4.69) is 0 Å². The molecule has 0 aromatic rings. The molecule has 25 heavy (non-hydrogen) atoms. The van der Waals surface area contributed by atoms with Gasteiger partial charge in [0.15, 0.2) is 0 Å². The van der Waals surface area contributed by atoms with Gasteiger partial charge in [-0.25, -0.2) is 12.7 Å². The van der Waals surface area contributed by atoms with Crippen LogP contribution in [0, 0.1) is 16.7 Å². The standard InChI is InChI=1S/C17H27NO6S/c1-3-25(23,24)18-9-5-13(6-10-18)11-17(15(21)22)8-4-7-16(2,12-17)14(19)20/h4,8,13H,3,5-7,9-12H2,1-2H3,(H,19,20)(H,21,22). The van der Waals surface area contributed by atoms with Gasteiger partial charge in [-0.15, -0.1) is 0 Å². The minimum Gasteiger partial charge on any atom is -0.481 e. The molecular weight excluding hydrogens is 346 g/mol. The average molecular weight is 373 g/mol. The second-order valence-electron chi connectivity index (χ2n) is 7.56. The van der Waals surface area contributed by atoms with Gasteiger partial charge < -0.3 is 10.2 Å². The van der Waals surface area contributed by atoms with Crippen molar-refractivity contribution in [2.45, 2.75) is 46.0 Å². The van der Waals surface area contributed by atoms with Crippen LogP contribution in [0.15, 0.2) is 12.2 Å². The van der Waals surface area contributed by atoms with E-state index < -0.39 is 32.8 Å². The van der Waals surface area contributed by atoms with Crippen molar-refractivity contribution < 1.29 is 28.2 Å². The second kappa shape index (κ2) is 7.07. The molecule has 1 aliphatic heterocycles. The summed E-state index contributed by atoms with van der Waals surface area (Å²) in [6.07, 6.45) is 5.26. The van der Waals surface area contributed by atoms with Crippen LogP contribution in [-0.2, 0) is 19.6 Å². The molecule has 8 heteroatoms. The highest BCUT2D eigenvalue weighted by Gasteiger charge is 2.49.